The molecule has 3 atom stereocenters. The van der Waals surface area contributed by atoms with E-state index < -0.39 is 5.60 Å². The van der Waals surface area contributed by atoms with E-state index in [2.05, 4.69) is 35.0 Å². The fraction of sp³-hybridized carbons (Fsp3) is 0.500. The van der Waals surface area contributed by atoms with Crippen LogP contribution in [0, 0.1) is 5.92 Å². The van der Waals surface area contributed by atoms with Gasteiger partial charge in [0.2, 0.25) is 5.60 Å². The zero-order chi connectivity index (χ0) is 19.0. The Hall–Kier alpha value is -2.11. The zero-order valence-corrected chi connectivity index (χ0v) is 16.4. The van der Waals surface area contributed by atoms with E-state index in [4.69, 9.17) is 9.47 Å². The molecule has 2 aromatic rings. The Morgan fingerprint density at radius 1 is 1.33 bits per heavy atom. The number of benzene rings is 1. The van der Waals surface area contributed by atoms with Gasteiger partial charge in [-0.15, -0.1) is 0 Å². The Balaban J connectivity index is 1.92. The molecule has 2 bridgehead atoms. The standard InChI is InChI=1S/C22H28N2O3/c1-4-15-11-16-12-22(27-3,21(25)26-2)20-18(9-10-24(13-15)14-16)17-7-5-6-8-19(17)23-20/h5-8,11,16,23H,4,9-10,12-14H2,1-3H3. The molecule has 1 aromatic carbocycles. The molecule has 4 rings (SSSR count). The van der Waals surface area contributed by atoms with Crippen LogP contribution in [0.2, 0.25) is 0 Å². The molecule has 27 heavy (non-hydrogen) atoms. The van der Waals surface area contributed by atoms with E-state index in [1.165, 1.54) is 23.6 Å². The van der Waals surface area contributed by atoms with Crippen LogP contribution in [-0.2, 0) is 26.3 Å². The fourth-order valence-corrected chi connectivity index (χ4v) is 4.81. The van der Waals surface area contributed by atoms with Crippen molar-refractivity contribution in [2.75, 3.05) is 33.9 Å². The van der Waals surface area contributed by atoms with Gasteiger partial charge in [-0.2, -0.15) is 0 Å². The van der Waals surface area contributed by atoms with Crippen molar-refractivity contribution in [1.82, 2.24) is 9.88 Å². The van der Waals surface area contributed by atoms with E-state index in [1.807, 2.05) is 12.1 Å². The molecule has 5 heteroatoms. The van der Waals surface area contributed by atoms with E-state index in [0.717, 1.165) is 43.7 Å². The first kappa shape index (κ1) is 18.3. The van der Waals surface area contributed by atoms with Crippen LogP contribution in [0.3, 0.4) is 0 Å². The lowest BCUT2D eigenvalue weighted by Crippen LogP contribution is -2.43. The van der Waals surface area contributed by atoms with E-state index in [9.17, 15) is 4.79 Å². The van der Waals surface area contributed by atoms with Crippen molar-refractivity contribution in [2.45, 2.75) is 31.8 Å². The van der Waals surface area contributed by atoms with Crippen LogP contribution >= 0.6 is 0 Å². The average Bonchev–Trinajstić information content (AvgIpc) is 3.09. The number of aromatic amines is 1. The van der Waals surface area contributed by atoms with Gasteiger partial charge in [0, 0.05) is 44.1 Å². The van der Waals surface area contributed by atoms with Gasteiger partial charge in [0.05, 0.1) is 12.8 Å². The Morgan fingerprint density at radius 3 is 2.89 bits per heavy atom. The first-order valence-corrected chi connectivity index (χ1v) is 9.76. The molecule has 1 aromatic heterocycles. The molecule has 0 amide bonds. The maximum absolute atomic E-state index is 13.0. The number of fused-ring (bicyclic) bond motifs is 5. The molecular formula is C22H28N2O3. The third kappa shape index (κ3) is 2.99. The summed E-state index contributed by atoms with van der Waals surface area (Å²) in [6, 6.07) is 8.24. The largest absolute Gasteiger partial charge is 0.467 e. The summed E-state index contributed by atoms with van der Waals surface area (Å²) in [6.45, 7) is 5.15. The van der Waals surface area contributed by atoms with Crippen molar-refractivity contribution >= 4 is 16.9 Å². The highest BCUT2D eigenvalue weighted by molar-refractivity contribution is 5.89. The zero-order valence-electron chi connectivity index (χ0n) is 16.4. The number of carbonyl (C=O) groups excluding carboxylic acids is 1. The molecule has 0 saturated carbocycles. The predicted octanol–water partition coefficient (Wildman–Crippen LogP) is 3.40. The van der Waals surface area contributed by atoms with Gasteiger partial charge >= 0.3 is 5.97 Å². The minimum Gasteiger partial charge on any atom is -0.467 e. The number of rotatable bonds is 3. The maximum Gasteiger partial charge on any atom is 0.344 e. The SMILES string of the molecule is CCC1=CC2CN(CCc3c([nH]c4ccccc34)C(OC)(C(=O)OC)C2)C1. The van der Waals surface area contributed by atoms with Crippen LogP contribution in [0.1, 0.15) is 31.0 Å². The second kappa shape index (κ2) is 7.13. The number of nitrogens with zero attached hydrogens (tertiary/aromatic N) is 1. The summed E-state index contributed by atoms with van der Waals surface area (Å²) >= 11 is 0. The summed E-state index contributed by atoms with van der Waals surface area (Å²) < 4.78 is 11.2. The topological polar surface area (TPSA) is 54.6 Å². The molecule has 0 radical (unpaired) electrons. The summed E-state index contributed by atoms with van der Waals surface area (Å²) in [5.74, 6) is -0.0756. The van der Waals surface area contributed by atoms with Crippen LogP contribution < -0.4 is 0 Å². The number of hydrogen-bond acceptors (Lipinski definition) is 4. The number of H-pyrrole nitrogens is 1. The average molecular weight is 368 g/mol. The minimum absolute atomic E-state index is 0.255. The normalized spacial score (nSPS) is 27.9. The summed E-state index contributed by atoms with van der Waals surface area (Å²) in [5.41, 5.74) is 3.40. The van der Waals surface area contributed by atoms with Gasteiger partial charge in [-0.1, -0.05) is 36.8 Å². The van der Waals surface area contributed by atoms with Gasteiger partial charge < -0.3 is 14.5 Å². The van der Waals surface area contributed by atoms with Gasteiger partial charge in [0.15, 0.2) is 0 Å². The van der Waals surface area contributed by atoms with Crippen LogP contribution in [0.4, 0.5) is 0 Å². The number of nitrogens with one attached hydrogen (secondary N) is 1. The van der Waals surface area contributed by atoms with Crippen molar-refractivity contribution < 1.29 is 14.3 Å². The van der Waals surface area contributed by atoms with E-state index in [1.54, 1.807) is 7.11 Å². The number of methoxy groups -OCH3 is 2. The number of esters is 1. The van der Waals surface area contributed by atoms with Gasteiger partial charge in [-0.05, 0) is 30.4 Å². The smallest absolute Gasteiger partial charge is 0.344 e. The summed E-state index contributed by atoms with van der Waals surface area (Å²) in [5, 5.41) is 1.17. The van der Waals surface area contributed by atoms with E-state index in [-0.39, 0.29) is 11.9 Å². The van der Waals surface area contributed by atoms with Gasteiger partial charge in [-0.3, -0.25) is 4.90 Å². The van der Waals surface area contributed by atoms with Gasteiger partial charge in [0.1, 0.15) is 0 Å². The molecule has 0 spiro atoms. The number of carbonyl (C=O) groups is 1. The third-order valence-electron chi connectivity index (χ3n) is 6.15. The molecule has 2 aliphatic heterocycles. The summed E-state index contributed by atoms with van der Waals surface area (Å²) in [4.78, 5) is 19.1. The Kier molecular flexibility index (Phi) is 4.82. The lowest BCUT2D eigenvalue weighted by Gasteiger charge is -2.35. The molecule has 1 N–H and O–H groups in total. The van der Waals surface area contributed by atoms with Crippen LogP contribution in [0.25, 0.3) is 10.9 Å². The second-order valence-corrected chi connectivity index (χ2v) is 7.67. The van der Waals surface area contributed by atoms with Crippen molar-refractivity contribution in [3.05, 3.63) is 47.2 Å². The molecule has 0 saturated heterocycles. The maximum atomic E-state index is 13.0. The first-order valence-electron chi connectivity index (χ1n) is 9.76. The van der Waals surface area contributed by atoms with E-state index in [0.29, 0.717) is 6.42 Å². The van der Waals surface area contributed by atoms with Crippen LogP contribution in [-0.4, -0.2) is 49.7 Å². The van der Waals surface area contributed by atoms with Crippen molar-refractivity contribution in [1.29, 1.82) is 0 Å². The molecular weight excluding hydrogens is 340 g/mol. The summed E-state index contributed by atoms with van der Waals surface area (Å²) in [6.07, 6.45) is 4.85. The number of ether oxygens (including phenoxy) is 2. The molecule has 0 aliphatic carbocycles. The number of hydrogen-bond donors (Lipinski definition) is 1. The lowest BCUT2D eigenvalue weighted by molar-refractivity contribution is -0.170. The molecule has 144 valence electrons. The Bertz CT molecular complexity index is 885. The van der Waals surface area contributed by atoms with Crippen LogP contribution in [0.5, 0.6) is 0 Å². The third-order valence-corrected chi connectivity index (χ3v) is 6.15. The highest BCUT2D eigenvalue weighted by Gasteiger charge is 2.47. The molecule has 2 aliphatic rings. The quantitative estimate of drug-likeness (QED) is 0.666. The Labute approximate surface area is 160 Å². The van der Waals surface area contributed by atoms with Crippen molar-refractivity contribution in [2.24, 2.45) is 5.92 Å². The molecule has 0 fully saturated rings. The monoisotopic (exact) mass is 368 g/mol. The van der Waals surface area contributed by atoms with E-state index >= 15 is 0 Å². The highest BCUT2D eigenvalue weighted by atomic mass is 16.6. The van der Waals surface area contributed by atoms with Crippen molar-refractivity contribution in [3.63, 3.8) is 0 Å². The fourth-order valence-electron chi connectivity index (χ4n) is 4.81. The second-order valence-electron chi connectivity index (χ2n) is 7.67. The predicted molar refractivity (Wildman–Crippen MR) is 106 cm³/mol. The molecule has 3 unspecified atom stereocenters. The summed E-state index contributed by atoms with van der Waals surface area (Å²) in [7, 11) is 3.06. The lowest BCUT2D eigenvalue weighted by atomic mass is 9.83. The molecule has 5 nitrogen and oxygen atoms in total. The van der Waals surface area contributed by atoms with Gasteiger partial charge in [-0.25, -0.2) is 4.79 Å². The molecule has 3 heterocycles. The Morgan fingerprint density at radius 2 is 2.15 bits per heavy atom. The minimum atomic E-state index is -1.11. The number of para-hydroxylation sites is 1. The van der Waals surface area contributed by atoms with Gasteiger partial charge in [0.25, 0.3) is 0 Å². The first-order chi connectivity index (χ1) is 13.1. The highest BCUT2D eigenvalue weighted by Crippen LogP contribution is 2.41. The number of aromatic nitrogens is 1. The van der Waals surface area contributed by atoms with Crippen LogP contribution in [0.15, 0.2) is 35.9 Å². The van der Waals surface area contributed by atoms with Crippen molar-refractivity contribution in [3.8, 4) is 0 Å².